The van der Waals surface area contributed by atoms with Crippen LogP contribution < -0.4 is 10.4 Å². The molecule has 6 heteroatoms. The molecule has 1 aromatic carbocycles. The van der Waals surface area contributed by atoms with Gasteiger partial charge in [-0.05, 0) is 42.7 Å². The highest BCUT2D eigenvalue weighted by molar-refractivity contribution is 5.96. The molecule has 0 saturated carbocycles. The molecule has 0 radical (unpaired) electrons. The number of hydrogen-bond acceptors (Lipinski definition) is 4. The molecule has 0 bridgehead atoms. The fourth-order valence-corrected chi connectivity index (χ4v) is 5.13. The highest BCUT2D eigenvalue weighted by Gasteiger charge is 2.44. The van der Waals surface area contributed by atoms with Gasteiger partial charge in [0.05, 0.1) is 6.04 Å². The summed E-state index contributed by atoms with van der Waals surface area (Å²) < 4.78 is 1.71. The van der Waals surface area contributed by atoms with E-state index in [1.165, 1.54) is 11.6 Å². The summed E-state index contributed by atoms with van der Waals surface area (Å²) in [5, 5.41) is 12.7. The largest absolute Gasteiger partial charge is 0.502 e. The number of hydrogen-bond donors (Lipinski definition) is 1. The number of allylic oxidation sites excluding steroid dienone is 3. The summed E-state index contributed by atoms with van der Waals surface area (Å²) in [6.07, 6.45) is 11.9. The van der Waals surface area contributed by atoms with E-state index in [1.54, 1.807) is 22.8 Å². The molecule has 30 heavy (non-hydrogen) atoms. The number of carbonyl (C=O) groups is 1. The van der Waals surface area contributed by atoms with Gasteiger partial charge in [-0.15, -0.1) is 0 Å². The van der Waals surface area contributed by atoms with Crippen LogP contribution in [0.2, 0.25) is 0 Å². The molecule has 154 valence electrons. The molecule has 3 aliphatic rings. The Balaban J connectivity index is 1.79. The second kappa shape index (κ2) is 7.20. The summed E-state index contributed by atoms with van der Waals surface area (Å²) in [5.41, 5.74) is 1.93. The van der Waals surface area contributed by atoms with Crippen molar-refractivity contribution in [2.75, 3.05) is 12.1 Å². The van der Waals surface area contributed by atoms with Crippen molar-refractivity contribution in [2.24, 2.45) is 5.92 Å². The van der Waals surface area contributed by atoms with Gasteiger partial charge >= 0.3 is 0 Å². The molecule has 1 saturated heterocycles. The van der Waals surface area contributed by atoms with Gasteiger partial charge < -0.3 is 10.0 Å². The molecule has 6 nitrogen and oxygen atoms in total. The zero-order chi connectivity index (χ0) is 20.8. The first-order valence-electron chi connectivity index (χ1n) is 10.5. The van der Waals surface area contributed by atoms with E-state index in [2.05, 4.69) is 35.4 Å². The summed E-state index contributed by atoms with van der Waals surface area (Å²) in [4.78, 5) is 26.9. The Morgan fingerprint density at radius 3 is 2.67 bits per heavy atom. The van der Waals surface area contributed by atoms with Gasteiger partial charge in [0, 0.05) is 19.3 Å². The maximum Gasteiger partial charge on any atom is 0.277 e. The fraction of sp³-hybridized carbons (Fsp3) is 0.333. The molecule has 1 aliphatic carbocycles. The van der Waals surface area contributed by atoms with Gasteiger partial charge in [0.15, 0.2) is 11.4 Å². The molecule has 2 aromatic rings. The topological polar surface area (TPSA) is 65.8 Å². The number of fused-ring (bicyclic) bond motifs is 4. The molecule has 0 spiro atoms. The molecule has 1 aromatic heterocycles. The second-order valence-corrected chi connectivity index (χ2v) is 8.27. The van der Waals surface area contributed by atoms with Gasteiger partial charge in [-0.2, -0.15) is 0 Å². The maximum absolute atomic E-state index is 13.1. The first-order chi connectivity index (χ1) is 14.6. The SMILES string of the molecule is CN1C(=O)c2c(O)c(=O)ccn2N2C(c3ccccc3)C3=CC=CCC3CCCC12. The molecule has 1 N–H and O–H groups in total. The lowest BCUT2D eigenvalue weighted by molar-refractivity contribution is 0.0589. The van der Waals surface area contributed by atoms with Crippen LogP contribution in [0, 0.1) is 5.92 Å². The van der Waals surface area contributed by atoms with Crippen LogP contribution in [-0.4, -0.2) is 33.8 Å². The molecule has 3 heterocycles. The van der Waals surface area contributed by atoms with Crippen LogP contribution in [0.15, 0.2) is 71.2 Å². The molecule has 1 amide bonds. The van der Waals surface area contributed by atoms with Gasteiger partial charge in [-0.1, -0.05) is 48.6 Å². The van der Waals surface area contributed by atoms with Crippen LogP contribution in [0.3, 0.4) is 0 Å². The van der Waals surface area contributed by atoms with Gasteiger partial charge in [0.25, 0.3) is 5.91 Å². The van der Waals surface area contributed by atoms with Crippen molar-refractivity contribution < 1.29 is 9.90 Å². The van der Waals surface area contributed by atoms with Crippen molar-refractivity contribution in [1.29, 1.82) is 0 Å². The first-order valence-corrected chi connectivity index (χ1v) is 10.5. The van der Waals surface area contributed by atoms with Crippen molar-refractivity contribution >= 4 is 5.91 Å². The summed E-state index contributed by atoms with van der Waals surface area (Å²) in [6.45, 7) is 0. The summed E-state index contributed by atoms with van der Waals surface area (Å²) in [5.74, 6) is -0.385. The number of amides is 1. The third-order valence-electron chi connectivity index (χ3n) is 6.61. The van der Waals surface area contributed by atoms with Crippen LogP contribution in [0.1, 0.15) is 47.8 Å². The molecule has 2 aliphatic heterocycles. The summed E-state index contributed by atoms with van der Waals surface area (Å²) in [6, 6.07) is 11.5. The number of aromatic hydroxyl groups is 1. The number of aromatic nitrogens is 1. The Hall–Kier alpha value is -3.28. The Morgan fingerprint density at radius 2 is 1.87 bits per heavy atom. The van der Waals surface area contributed by atoms with Gasteiger partial charge in [0.2, 0.25) is 5.43 Å². The maximum atomic E-state index is 13.1. The van der Waals surface area contributed by atoms with E-state index in [4.69, 9.17) is 0 Å². The van der Waals surface area contributed by atoms with Crippen LogP contribution in [0.5, 0.6) is 5.75 Å². The smallest absolute Gasteiger partial charge is 0.277 e. The first kappa shape index (κ1) is 18.7. The van der Waals surface area contributed by atoms with Crippen LogP contribution in [-0.2, 0) is 0 Å². The van der Waals surface area contributed by atoms with Crippen molar-refractivity contribution in [3.63, 3.8) is 0 Å². The van der Waals surface area contributed by atoms with Gasteiger partial charge in [0.1, 0.15) is 6.17 Å². The fourth-order valence-electron chi connectivity index (χ4n) is 5.13. The van der Waals surface area contributed by atoms with E-state index >= 15 is 0 Å². The minimum Gasteiger partial charge on any atom is -0.502 e. The predicted octanol–water partition coefficient (Wildman–Crippen LogP) is 3.33. The van der Waals surface area contributed by atoms with Gasteiger partial charge in [-0.3, -0.25) is 19.3 Å². The minimum absolute atomic E-state index is 0.0336. The van der Waals surface area contributed by atoms with Crippen molar-refractivity contribution in [3.8, 4) is 5.75 Å². The second-order valence-electron chi connectivity index (χ2n) is 8.27. The number of rotatable bonds is 1. The average molecular weight is 403 g/mol. The quantitative estimate of drug-likeness (QED) is 0.793. The Kier molecular flexibility index (Phi) is 4.50. The Labute approximate surface area is 175 Å². The lowest BCUT2D eigenvalue weighted by atomic mass is 9.79. The lowest BCUT2D eigenvalue weighted by Gasteiger charge is -2.51. The molecule has 5 rings (SSSR count). The van der Waals surface area contributed by atoms with Crippen LogP contribution in [0.25, 0.3) is 0 Å². The minimum atomic E-state index is -0.539. The average Bonchev–Trinajstić information content (AvgIpc) is 2.75. The normalized spacial score (nSPS) is 25.6. The van der Waals surface area contributed by atoms with E-state index in [1.807, 2.05) is 18.2 Å². The number of benzene rings is 1. The van der Waals surface area contributed by atoms with E-state index in [9.17, 15) is 14.7 Å². The third kappa shape index (κ3) is 2.78. The zero-order valence-electron chi connectivity index (χ0n) is 16.9. The Bertz CT molecular complexity index is 1100. The van der Waals surface area contributed by atoms with Crippen molar-refractivity contribution in [1.82, 2.24) is 9.58 Å². The third-order valence-corrected chi connectivity index (χ3v) is 6.61. The van der Waals surface area contributed by atoms with E-state index < -0.39 is 11.2 Å². The number of nitrogens with zero attached hydrogens (tertiary/aromatic N) is 3. The number of pyridine rings is 1. The molecular weight excluding hydrogens is 378 g/mol. The highest BCUT2D eigenvalue weighted by Crippen LogP contribution is 2.43. The van der Waals surface area contributed by atoms with E-state index in [0.717, 1.165) is 31.2 Å². The molecule has 3 atom stereocenters. The highest BCUT2D eigenvalue weighted by atomic mass is 16.3. The van der Waals surface area contributed by atoms with Crippen LogP contribution in [0.4, 0.5) is 0 Å². The molecule has 1 fully saturated rings. The lowest BCUT2D eigenvalue weighted by Crippen LogP contribution is -2.62. The number of carbonyl (C=O) groups excluding carboxylic acids is 1. The van der Waals surface area contributed by atoms with Gasteiger partial charge in [-0.25, -0.2) is 0 Å². The Morgan fingerprint density at radius 1 is 1.07 bits per heavy atom. The van der Waals surface area contributed by atoms with E-state index in [0.29, 0.717) is 5.92 Å². The standard InChI is InChI=1S/C24H25N3O3/c1-25-20-13-7-11-16-8-5-6-12-18(16)21(17-9-3-2-4-10-17)27(20)26-15-14-19(28)23(29)22(26)24(25)30/h2-6,9-10,12,14-16,20-21,29H,7-8,11,13H2,1H3. The van der Waals surface area contributed by atoms with Crippen LogP contribution >= 0.6 is 0 Å². The van der Waals surface area contributed by atoms with Crippen molar-refractivity contribution in [3.05, 3.63) is 87.9 Å². The summed E-state index contributed by atoms with van der Waals surface area (Å²) >= 11 is 0. The summed E-state index contributed by atoms with van der Waals surface area (Å²) in [7, 11) is 1.76. The van der Waals surface area contributed by atoms with E-state index in [-0.39, 0.29) is 23.8 Å². The molecule has 3 unspecified atom stereocenters. The monoisotopic (exact) mass is 403 g/mol. The van der Waals surface area contributed by atoms with Crippen molar-refractivity contribution in [2.45, 2.75) is 37.9 Å². The molecular formula is C24H25N3O3. The zero-order valence-corrected chi connectivity index (χ0v) is 16.9. The predicted molar refractivity (Wildman–Crippen MR) is 115 cm³/mol.